The molecule has 0 aliphatic rings. The molecule has 1 unspecified atom stereocenters. The van der Waals surface area contributed by atoms with Gasteiger partial charge in [-0.3, -0.25) is 0 Å². The van der Waals surface area contributed by atoms with Crippen LogP contribution in [-0.2, 0) is 4.74 Å². The number of aromatic nitrogens is 1. The maximum atomic E-state index is 9.11. The number of pyridine rings is 1. The fourth-order valence-electron chi connectivity index (χ4n) is 0.669. The quantitative estimate of drug-likeness (QED) is 0.543. The van der Waals surface area contributed by atoms with Crippen LogP contribution in [0.1, 0.15) is 11.9 Å². The zero-order chi connectivity index (χ0) is 8.27. The molecule has 1 atom stereocenters. The van der Waals surface area contributed by atoms with Gasteiger partial charge < -0.3 is 9.84 Å². The predicted octanol–water partition coefficient (Wildman–Crippen LogP) is 1.37. The van der Waals surface area contributed by atoms with E-state index in [1.165, 1.54) is 13.3 Å². The summed E-state index contributed by atoms with van der Waals surface area (Å²) in [4.78, 5) is 3.77. The van der Waals surface area contributed by atoms with E-state index in [9.17, 15) is 0 Å². The van der Waals surface area contributed by atoms with Gasteiger partial charge in [0, 0.05) is 18.9 Å². The molecule has 0 aliphatic heterocycles. The Morgan fingerprint density at radius 2 is 2.36 bits per heavy atom. The molecule has 1 rings (SSSR count). The Bertz CT molecular complexity index is 224. The summed E-state index contributed by atoms with van der Waals surface area (Å²) in [5, 5.41) is 9.51. The van der Waals surface area contributed by atoms with Gasteiger partial charge >= 0.3 is 0 Å². The van der Waals surface area contributed by atoms with Crippen molar-refractivity contribution in [1.82, 2.24) is 4.98 Å². The van der Waals surface area contributed by atoms with Crippen LogP contribution < -0.4 is 0 Å². The standard InChI is InChI=1S/C7H8ClNO2/c1-11-7(10)5-2-3-6(8)9-4-5/h2-4,7,10H,1H3. The molecule has 0 amide bonds. The topological polar surface area (TPSA) is 42.4 Å². The molecule has 1 aromatic heterocycles. The van der Waals surface area contributed by atoms with E-state index in [0.717, 1.165) is 0 Å². The molecule has 60 valence electrons. The maximum absolute atomic E-state index is 9.11. The van der Waals surface area contributed by atoms with Crippen LogP contribution >= 0.6 is 11.6 Å². The molecular weight excluding hydrogens is 166 g/mol. The van der Waals surface area contributed by atoms with E-state index in [4.69, 9.17) is 16.7 Å². The van der Waals surface area contributed by atoms with Gasteiger partial charge in [0.2, 0.25) is 0 Å². The van der Waals surface area contributed by atoms with Gasteiger partial charge in [0.25, 0.3) is 0 Å². The Morgan fingerprint density at radius 3 is 2.82 bits per heavy atom. The Balaban J connectivity index is 2.81. The van der Waals surface area contributed by atoms with E-state index in [-0.39, 0.29) is 0 Å². The minimum atomic E-state index is -0.917. The summed E-state index contributed by atoms with van der Waals surface area (Å²) in [5.74, 6) is 0. The highest BCUT2D eigenvalue weighted by Gasteiger charge is 2.04. The second kappa shape index (κ2) is 3.67. The number of methoxy groups -OCH3 is 1. The predicted molar refractivity (Wildman–Crippen MR) is 41.2 cm³/mol. The molecule has 1 heterocycles. The lowest BCUT2D eigenvalue weighted by molar-refractivity contribution is -0.0771. The SMILES string of the molecule is COC(O)c1ccc(Cl)nc1. The molecule has 0 saturated heterocycles. The molecule has 0 bridgehead atoms. The minimum Gasteiger partial charge on any atom is -0.364 e. The Kier molecular flexibility index (Phi) is 2.82. The van der Waals surface area contributed by atoms with Gasteiger partial charge in [0.1, 0.15) is 5.15 Å². The molecule has 0 spiro atoms. The number of aliphatic hydroxyl groups is 1. The molecule has 0 radical (unpaired) electrons. The average Bonchev–Trinajstić information content (AvgIpc) is 2.05. The number of hydrogen-bond acceptors (Lipinski definition) is 3. The van der Waals surface area contributed by atoms with Crippen LogP contribution in [0.3, 0.4) is 0 Å². The third-order valence-electron chi connectivity index (χ3n) is 1.26. The summed E-state index contributed by atoms with van der Waals surface area (Å²) < 4.78 is 4.65. The Hall–Kier alpha value is -0.640. The van der Waals surface area contributed by atoms with Gasteiger partial charge in [-0.15, -0.1) is 0 Å². The lowest BCUT2D eigenvalue weighted by Gasteiger charge is -2.06. The normalized spacial score (nSPS) is 13.0. The smallest absolute Gasteiger partial charge is 0.182 e. The molecule has 0 fully saturated rings. The number of rotatable bonds is 2. The van der Waals surface area contributed by atoms with Crippen LogP contribution in [0.4, 0.5) is 0 Å². The van der Waals surface area contributed by atoms with Gasteiger partial charge in [-0.25, -0.2) is 4.98 Å². The van der Waals surface area contributed by atoms with Gasteiger partial charge in [0.05, 0.1) is 0 Å². The van der Waals surface area contributed by atoms with E-state index in [1.807, 2.05) is 0 Å². The molecular formula is C7H8ClNO2. The highest BCUT2D eigenvalue weighted by atomic mass is 35.5. The summed E-state index contributed by atoms with van der Waals surface area (Å²) in [5.41, 5.74) is 0.594. The number of nitrogens with zero attached hydrogens (tertiary/aromatic N) is 1. The molecule has 1 aromatic rings. The van der Waals surface area contributed by atoms with Crippen LogP contribution in [0.25, 0.3) is 0 Å². The zero-order valence-electron chi connectivity index (χ0n) is 5.99. The fourth-order valence-corrected chi connectivity index (χ4v) is 0.781. The van der Waals surface area contributed by atoms with Crippen LogP contribution in [-0.4, -0.2) is 17.2 Å². The number of halogens is 1. The lowest BCUT2D eigenvalue weighted by Crippen LogP contribution is -1.99. The maximum Gasteiger partial charge on any atom is 0.182 e. The van der Waals surface area contributed by atoms with Crippen molar-refractivity contribution in [2.45, 2.75) is 6.29 Å². The zero-order valence-corrected chi connectivity index (χ0v) is 6.75. The van der Waals surface area contributed by atoms with Crippen LogP contribution in [0.5, 0.6) is 0 Å². The molecule has 4 heteroatoms. The highest BCUT2D eigenvalue weighted by molar-refractivity contribution is 6.29. The summed E-state index contributed by atoms with van der Waals surface area (Å²) in [7, 11) is 1.42. The van der Waals surface area contributed by atoms with Crippen molar-refractivity contribution in [1.29, 1.82) is 0 Å². The molecule has 1 N–H and O–H groups in total. The Labute approximate surface area is 69.6 Å². The van der Waals surface area contributed by atoms with Gasteiger partial charge in [-0.2, -0.15) is 0 Å². The first-order chi connectivity index (χ1) is 5.24. The fraction of sp³-hybridized carbons (Fsp3) is 0.286. The first-order valence-electron chi connectivity index (χ1n) is 3.06. The summed E-state index contributed by atoms with van der Waals surface area (Å²) in [6.45, 7) is 0. The van der Waals surface area contributed by atoms with E-state index >= 15 is 0 Å². The van der Waals surface area contributed by atoms with E-state index in [1.54, 1.807) is 12.1 Å². The van der Waals surface area contributed by atoms with Gasteiger partial charge in [-0.05, 0) is 12.1 Å². The van der Waals surface area contributed by atoms with E-state index < -0.39 is 6.29 Å². The summed E-state index contributed by atoms with van der Waals surface area (Å²) in [6, 6.07) is 3.25. The second-order valence-electron chi connectivity index (χ2n) is 2.00. The van der Waals surface area contributed by atoms with Crippen LogP contribution in [0, 0.1) is 0 Å². The number of aliphatic hydroxyl groups excluding tert-OH is 1. The molecule has 11 heavy (non-hydrogen) atoms. The first kappa shape index (κ1) is 8.46. The van der Waals surface area contributed by atoms with Gasteiger partial charge in [-0.1, -0.05) is 11.6 Å². The molecule has 3 nitrogen and oxygen atoms in total. The molecule has 0 aliphatic carbocycles. The van der Waals surface area contributed by atoms with Crippen LogP contribution in [0.15, 0.2) is 18.3 Å². The lowest BCUT2D eigenvalue weighted by atomic mass is 10.3. The number of hydrogen-bond donors (Lipinski definition) is 1. The monoisotopic (exact) mass is 173 g/mol. The largest absolute Gasteiger partial charge is 0.364 e. The minimum absolute atomic E-state index is 0.400. The highest BCUT2D eigenvalue weighted by Crippen LogP contribution is 2.13. The molecule has 0 aromatic carbocycles. The van der Waals surface area contributed by atoms with Crippen molar-refractivity contribution < 1.29 is 9.84 Å². The summed E-state index contributed by atoms with van der Waals surface area (Å²) in [6.07, 6.45) is 0.552. The van der Waals surface area contributed by atoms with Crippen molar-refractivity contribution >= 4 is 11.6 Å². The van der Waals surface area contributed by atoms with E-state index in [2.05, 4.69) is 9.72 Å². The summed E-state index contributed by atoms with van der Waals surface area (Å²) >= 11 is 5.53. The van der Waals surface area contributed by atoms with Crippen molar-refractivity contribution in [3.05, 3.63) is 29.0 Å². The van der Waals surface area contributed by atoms with Gasteiger partial charge in [0.15, 0.2) is 6.29 Å². The third kappa shape index (κ3) is 2.15. The first-order valence-corrected chi connectivity index (χ1v) is 3.44. The van der Waals surface area contributed by atoms with E-state index in [0.29, 0.717) is 10.7 Å². The number of ether oxygens (including phenoxy) is 1. The second-order valence-corrected chi connectivity index (χ2v) is 2.39. The van der Waals surface area contributed by atoms with Crippen LogP contribution in [0.2, 0.25) is 5.15 Å². The van der Waals surface area contributed by atoms with Crippen molar-refractivity contribution in [2.24, 2.45) is 0 Å². The van der Waals surface area contributed by atoms with Crippen molar-refractivity contribution in [3.8, 4) is 0 Å². The van der Waals surface area contributed by atoms with Crippen molar-refractivity contribution in [3.63, 3.8) is 0 Å². The third-order valence-corrected chi connectivity index (χ3v) is 1.48. The van der Waals surface area contributed by atoms with Crippen molar-refractivity contribution in [2.75, 3.05) is 7.11 Å². The average molecular weight is 174 g/mol. The Morgan fingerprint density at radius 1 is 1.64 bits per heavy atom. The molecule has 0 saturated carbocycles.